The van der Waals surface area contributed by atoms with Crippen LogP contribution in [-0.2, 0) is 16.0 Å². The van der Waals surface area contributed by atoms with Crippen LogP contribution in [-0.4, -0.2) is 12.6 Å². The fraction of sp³-hybridized carbons (Fsp3) is 0.294. The highest BCUT2D eigenvalue weighted by Crippen LogP contribution is 2.30. The van der Waals surface area contributed by atoms with Crippen molar-refractivity contribution in [2.75, 3.05) is 6.61 Å². The summed E-state index contributed by atoms with van der Waals surface area (Å²) in [6.07, 6.45) is 2.10. The molecule has 0 fully saturated rings. The molecule has 0 aliphatic rings. The van der Waals surface area contributed by atoms with Crippen molar-refractivity contribution in [2.24, 2.45) is 5.92 Å². The monoisotopic (exact) mass is 283 g/mol. The van der Waals surface area contributed by atoms with E-state index in [4.69, 9.17) is 9.15 Å². The van der Waals surface area contributed by atoms with Crippen molar-refractivity contribution < 1.29 is 13.9 Å². The van der Waals surface area contributed by atoms with E-state index in [2.05, 4.69) is 6.07 Å². The second-order valence-corrected chi connectivity index (χ2v) is 4.67. The van der Waals surface area contributed by atoms with Gasteiger partial charge in [0, 0.05) is 5.92 Å². The molecule has 4 nitrogen and oxygen atoms in total. The van der Waals surface area contributed by atoms with Crippen molar-refractivity contribution in [2.45, 2.75) is 19.3 Å². The Labute approximate surface area is 124 Å². The van der Waals surface area contributed by atoms with E-state index < -0.39 is 11.9 Å². The van der Waals surface area contributed by atoms with Gasteiger partial charge in [-0.2, -0.15) is 5.26 Å². The summed E-state index contributed by atoms with van der Waals surface area (Å²) in [4.78, 5) is 12.0. The number of rotatable bonds is 6. The molecule has 0 spiro atoms. The Hall–Kier alpha value is -2.54. The normalized spacial score (nSPS) is 13.1. The van der Waals surface area contributed by atoms with E-state index in [1.54, 1.807) is 25.3 Å². The minimum absolute atomic E-state index is 0.257. The van der Waals surface area contributed by atoms with Crippen LogP contribution in [0.3, 0.4) is 0 Å². The van der Waals surface area contributed by atoms with E-state index in [0.29, 0.717) is 12.2 Å². The lowest BCUT2D eigenvalue weighted by Gasteiger charge is -2.19. The maximum absolute atomic E-state index is 12.0. The van der Waals surface area contributed by atoms with Crippen LogP contribution in [0, 0.1) is 17.2 Å². The molecule has 1 aromatic heterocycles. The predicted molar refractivity (Wildman–Crippen MR) is 77.3 cm³/mol. The molecule has 0 saturated carbocycles. The third-order valence-electron chi connectivity index (χ3n) is 3.29. The topological polar surface area (TPSA) is 63.2 Å². The summed E-state index contributed by atoms with van der Waals surface area (Å²) in [5.74, 6) is -1.11. The van der Waals surface area contributed by atoms with Crippen molar-refractivity contribution in [1.29, 1.82) is 5.26 Å². The van der Waals surface area contributed by atoms with Crippen LogP contribution < -0.4 is 0 Å². The largest absolute Gasteiger partial charge is 0.469 e. The number of hydrogen-bond acceptors (Lipinski definition) is 4. The third kappa shape index (κ3) is 3.73. The number of furan rings is 1. The highest BCUT2D eigenvalue weighted by atomic mass is 16.5. The van der Waals surface area contributed by atoms with Crippen LogP contribution in [0.2, 0.25) is 0 Å². The van der Waals surface area contributed by atoms with Gasteiger partial charge in [-0.05, 0) is 31.0 Å². The number of ether oxygens (including phenoxy) is 1. The highest BCUT2D eigenvalue weighted by Gasteiger charge is 2.32. The van der Waals surface area contributed by atoms with Crippen molar-refractivity contribution in [1.82, 2.24) is 0 Å². The number of nitriles is 1. The zero-order chi connectivity index (χ0) is 15.1. The summed E-state index contributed by atoms with van der Waals surface area (Å²) >= 11 is 0. The summed E-state index contributed by atoms with van der Waals surface area (Å²) in [5.41, 5.74) is 1.04. The Bertz CT molecular complexity index is 599. The molecule has 1 aromatic carbocycles. The van der Waals surface area contributed by atoms with Crippen molar-refractivity contribution in [3.05, 3.63) is 60.1 Å². The van der Waals surface area contributed by atoms with E-state index in [9.17, 15) is 10.1 Å². The molecule has 0 saturated heterocycles. The second-order valence-electron chi connectivity index (χ2n) is 4.67. The van der Waals surface area contributed by atoms with Crippen LogP contribution in [0.1, 0.15) is 24.2 Å². The summed E-state index contributed by atoms with van der Waals surface area (Å²) in [5, 5.41) is 9.38. The maximum Gasteiger partial charge on any atom is 0.324 e. The van der Waals surface area contributed by atoms with Crippen molar-refractivity contribution in [3.63, 3.8) is 0 Å². The quantitative estimate of drug-likeness (QED) is 0.763. The summed E-state index contributed by atoms with van der Waals surface area (Å²) in [6.45, 7) is 1.98. The van der Waals surface area contributed by atoms with Gasteiger partial charge in [-0.1, -0.05) is 30.3 Å². The standard InChI is InChI=1S/C17H17NO3/c1-2-20-17(19)15(12-18)14(16-9-6-10-21-16)11-13-7-4-3-5-8-13/h3-10,14-15H,2,11H2,1H3/t14-,15-/m0/s1. The van der Waals surface area contributed by atoms with Crippen molar-refractivity contribution >= 4 is 5.97 Å². The number of benzene rings is 1. The van der Waals surface area contributed by atoms with Gasteiger partial charge in [0.15, 0.2) is 5.92 Å². The molecule has 0 bridgehead atoms. The summed E-state index contributed by atoms with van der Waals surface area (Å²) in [7, 11) is 0. The van der Waals surface area contributed by atoms with Crippen molar-refractivity contribution in [3.8, 4) is 6.07 Å². The first kappa shape index (κ1) is 14.9. The van der Waals surface area contributed by atoms with E-state index >= 15 is 0 Å². The number of hydrogen-bond donors (Lipinski definition) is 0. The van der Waals surface area contributed by atoms with E-state index in [-0.39, 0.29) is 12.5 Å². The van der Waals surface area contributed by atoms with Gasteiger partial charge in [0.1, 0.15) is 5.76 Å². The van der Waals surface area contributed by atoms with Crippen LogP contribution in [0.25, 0.3) is 0 Å². The molecule has 2 atom stereocenters. The summed E-state index contributed by atoms with van der Waals surface area (Å²) in [6, 6.07) is 15.3. The van der Waals surface area contributed by atoms with E-state index in [1.807, 2.05) is 30.3 Å². The molecule has 1 heterocycles. The molecule has 4 heteroatoms. The molecule has 0 unspecified atom stereocenters. The number of nitrogens with zero attached hydrogens (tertiary/aromatic N) is 1. The summed E-state index contributed by atoms with van der Waals surface area (Å²) < 4.78 is 10.4. The Kier molecular flexibility index (Phi) is 5.16. The number of carbonyl (C=O) groups excluding carboxylic acids is 1. The van der Waals surface area contributed by atoms with Gasteiger partial charge < -0.3 is 9.15 Å². The van der Waals surface area contributed by atoms with Gasteiger partial charge in [0.25, 0.3) is 0 Å². The van der Waals surface area contributed by atoms with Crippen LogP contribution >= 0.6 is 0 Å². The lowest BCUT2D eigenvalue weighted by atomic mass is 9.85. The fourth-order valence-electron chi connectivity index (χ4n) is 2.29. The van der Waals surface area contributed by atoms with Crippen LogP contribution in [0.4, 0.5) is 0 Å². The lowest BCUT2D eigenvalue weighted by Crippen LogP contribution is -2.24. The third-order valence-corrected chi connectivity index (χ3v) is 3.29. The van der Waals surface area contributed by atoms with Gasteiger partial charge in [-0.25, -0.2) is 0 Å². The van der Waals surface area contributed by atoms with Gasteiger partial charge in [0.2, 0.25) is 0 Å². The smallest absolute Gasteiger partial charge is 0.324 e. The Morgan fingerprint density at radius 1 is 1.29 bits per heavy atom. The van der Waals surface area contributed by atoms with Gasteiger partial charge in [0.05, 0.1) is 18.9 Å². The SMILES string of the molecule is CCOC(=O)[C@@H](C#N)[C@H](Cc1ccccc1)c1ccco1. The first-order valence-electron chi connectivity index (χ1n) is 6.89. The molecular weight excluding hydrogens is 266 g/mol. The molecule has 0 amide bonds. The molecule has 21 heavy (non-hydrogen) atoms. The average Bonchev–Trinajstić information content (AvgIpc) is 3.02. The van der Waals surface area contributed by atoms with E-state index in [0.717, 1.165) is 5.56 Å². The van der Waals surface area contributed by atoms with Gasteiger partial charge in [-0.3, -0.25) is 4.79 Å². The van der Waals surface area contributed by atoms with Gasteiger partial charge in [-0.15, -0.1) is 0 Å². The Morgan fingerprint density at radius 3 is 2.62 bits per heavy atom. The molecule has 0 aliphatic carbocycles. The number of carbonyl (C=O) groups is 1. The minimum Gasteiger partial charge on any atom is -0.469 e. The van der Waals surface area contributed by atoms with E-state index in [1.165, 1.54) is 0 Å². The van der Waals surface area contributed by atoms with Gasteiger partial charge >= 0.3 is 5.97 Å². The Morgan fingerprint density at radius 2 is 2.05 bits per heavy atom. The maximum atomic E-state index is 12.0. The first-order chi connectivity index (χ1) is 10.3. The van der Waals surface area contributed by atoms with Crippen LogP contribution in [0.5, 0.6) is 0 Å². The molecule has 2 rings (SSSR count). The van der Waals surface area contributed by atoms with Crippen LogP contribution in [0.15, 0.2) is 53.1 Å². The molecule has 2 aromatic rings. The molecule has 0 radical (unpaired) electrons. The molecule has 0 aliphatic heterocycles. The molecule has 108 valence electrons. The average molecular weight is 283 g/mol. The fourth-order valence-corrected chi connectivity index (χ4v) is 2.29. The molecule has 0 N–H and O–H groups in total. The highest BCUT2D eigenvalue weighted by molar-refractivity contribution is 5.76. The molecular formula is C17H17NO3. The first-order valence-corrected chi connectivity index (χ1v) is 6.89. The minimum atomic E-state index is -0.878. The lowest BCUT2D eigenvalue weighted by molar-refractivity contribution is -0.146. The second kappa shape index (κ2) is 7.30. The zero-order valence-electron chi connectivity index (χ0n) is 11.9. The number of esters is 1. The predicted octanol–water partition coefficient (Wildman–Crippen LogP) is 3.31. The Balaban J connectivity index is 2.28. The zero-order valence-corrected chi connectivity index (χ0v) is 11.9.